The molecule has 0 radical (unpaired) electrons. The van der Waals surface area contributed by atoms with Crippen LogP contribution in [0.15, 0.2) is 24.3 Å². The molecule has 0 N–H and O–H groups in total. The summed E-state index contributed by atoms with van der Waals surface area (Å²) < 4.78 is 30.3. The third kappa shape index (κ3) is 10.5. The first-order valence-corrected chi connectivity index (χ1v) is 12.2. The van der Waals surface area contributed by atoms with Gasteiger partial charge in [0.15, 0.2) is 0 Å². The predicted molar refractivity (Wildman–Crippen MR) is 132 cm³/mol. The molecule has 0 spiro atoms. The van der Waals surface area contributed by atoms with E-state index in [4.69, 9.17) is 28.4 Å². The predicted octanol–water partition coefficient (Wildman–Crippen LogP) is 3.18. The van der Waals surface area contributed by atoms with Gasteiger partial charge < -0.3 is 28.4 Å². The zero-order valence-electron chi connectivity index (χ0n) is 22.6. The maximum Gasteiger partial charge on any atom is 0.335 e. The Kier molecular flexibility index (Phi) is 15.6. The number of esters is 4. The minimum Gasteiger partial charge on any atom is -0.466 e. The zero-order chi connectivity index (χ0) is 27.8. The zero-order valence-corrected chi connectivity index (χ0v) is 22.6. The van der Waals surface area contributed by atoms with Crippen molar-refractivity contribution in [3.63, 3.8) is 0 Å². The Hall–Kier alpha value is -2.72. The number of ether oxygens (including phenoxy) is 6. The van der Waals surface area contributed by atoms with E-state index in [1.807, 2.05) is 6.92 Å². The molecule has 2 atom stereocenters. The number of hydrogen-bond donors (Lipinski definition) is 0. The Balaban J connectivity index is 0.000000686. The molecule has 1 fully saturated rings. The molecule has 0 aromatic rings. The highest BCUT2D eigenvalue weighted by Crippen LogP contribution is 2.43. The highest BCUT2D eigenvalue weighted by Gasteiger charge is 2.52. The fourth-order valence-corrected chi connectivity index (χ4v) is 3.43. The second-order valence-corrected chi connectivity index (χ2v) is 8.45. The maximum atomic E-state index is 12.2. The van der Waals surface area contributed by atoms with E-state index in [0.29, 0.717) is 32.7 Å². The molecule has 1 aliphatic heterocycles. The molecule has 2 unspecified atom stereocenters. The molecule has 0 aromatic carbocycles. The van der Waals surface area contributed by atoms with Crippen LogP contribution >= 0.6 is 0 Å². The van der Waals surface area contributed by atoms with Crippen molar-refractivity contribution in [2.24, 2.45) is 10.8 Å². The van der Waals surface area contributed by atoms with Gasteiger partial charge in [0.25, 0.3) is 0 Å². The lowest BCUT2D eigenvalue weighted by Crippen LogP contribution is -2.51. The highest BCUT2D eigenvalue weighted by atomic mass is 16.6. The van der Waals surface area contributed by atoms with Crippen molar-refractivity contribution in [2.75, 3.05) is 52.9 Å². The number of carbonyl (C=O) groups is 4. The lowest BCUT2D eigenvalue weighted by atomic mass is 9.69. The van der Waals surface area contributed by atoms with Gasteiger partial charge in [-0.3, -0.25) is 9.59 Å². The fraction of sp³-hybridized carbons (Fsp3) is 0.692. The molecule has 0 saturated carbocycles. The Morgan fingerprint density at radius 2 is 1.17 bits per heavy atom. The van der Waals surface area contributed by atoms with E-state index in [9.17, 15) is 19.2 Å². The molecule has 0 aromatic heterocycles. The van der Waals surface area contributed by atoms with Gasteiger partial charge in [0.05, 0.1) is 74.8 Å². The summed E-state index contributed by atoms with van der Waals surface area (Å²) in [7, 11) is 0. The van der Waals surface area contributed by atoms with Crippen molar-refractivity contribution in [3.05, 3.63) is 24.3 Å². The number of rotatable bonds is 13. The van der Waals surface area contributed by atoms with Crippen LogP contribution < -0.4 is 0 Å². The third-order valence-electron chi connectivity index (χ3n) is 5.36. The van der Waals surface area contributed by atoms with Crippen LogP contribution in [0.1, 0.15) is 54.4 Å². The van der Waals surface area contributed by atoms with Gasteiger partial charge in [-0.2, -0.15) is 0 Å². The summed E-state index contributed by atoms with van der Waals surface area (Å²) in [5.41, 5.74) is -1.13. The molecule has 10 nitrogen and oxygen atoms in total. The maximum absolute atomic E-state index is 12.2. The van der Waals surface area contributed by atoms with Gasteiger partial charge in [0.1, 0.15) is 0 Å². The van der Waals surface area contributed by atoms with Gasteiger partial charge in [-0.05, 0) is 47.5 Å². The molecule has 1 heterocycles. The third-order valence-corrected chi connectivity index (χ3v) is 5.36. The second-order valence-electron chi connectivity index (χ2n) is 8.45. The Morgan fingerprint density at radius 1 is 0.722 bits per heavy atom. The standard InChI is InChI=1S/C14H24O5.C12H18O5/c1-5-14(12(16)19-7-3)8-13(4,9-17-10-14)11(15)18-6-2;1-5-16-11(13)9(3)7-15-8-10(4)12(14)17-6-2/h5-10H2,1-4H3;3-8H2,1-2H3. The smallest absolute Gasteiger partial charge is 0.335 e. The summed E-state index contributed by atoms with van der Waals surface area (Å²) in [5, 5.41) is 0. The second kappa shape index (κ2) is 16.9. The van der Waals surface area contributed by atoms with Crippen molar-refractivity contribution in [1.29, 1.82) is 0 Å². The molecule has 1 rings (SSSR count). The van der Waals surface area contributed by atoms with Gasteiger partial charge in [0.2, 0.25) is 0 Å². The number of hydrogen-bond acceptors (Lipinski definition) is 10. The molecule has 206 valence electrons. The summed E-state index contributed by atoms with van der Waals surface area (Å²) in [6.45, 7) is 19.5. The molecule has 0 aliphatic carbocycles. The van der Waals surface area contributed by atoms with Gasteiger partial charge >= 0.3 is 23.9 Å². The van der Waals surface area contributed by atoms with Gasteiger partial charge in [0, 0.05) is 0 Å². The van der Waals surface area contributed by atoms with E-state index >= 15 is 0 Å². The average Bonchev–Trinajstić information content (AvgIpc) is 2.84. The van der Waals surface area contributed by atoms with Gasteiger partial charge in [-0.25, -0.2) is 9.59 Å². The Bertz CT molecular complexity index is 745. The average molecular weight is 515 g/mol. The summed E-state index contributed by atoms with van der Waals surface area (Å²) in [6.07, 6.45) is 0.995. The molecular weight excluding hydrogens is 472 g/mol. The van der Waals surface area contributed by atoms with Crippen LogP contribution in [0.3, 0.4) is 0 Å². The molecule has 0 amide bonds. The van der Waals surface area contributed by atoms with Crippen LogP contribution in [0.2, 0.25) is 0 Å². The van der Waals surface area contributed by atoms with E-state index in [2.05, 4.69) is 13.2 Å². The quantitative estimate of drug-likeness (QED) is 0.206. The van der Waals surface area contributed by atoms with Crippen molar-refractivity contribution >= 4 is 23.9 Å². The van der Waals surface area contributed by atoms with Crippen molar-refractivity contribution in [2.45, 2.75) is 54.4 Å². The summed E-state index contributed by atoms with van der Waals surface area (Å²) in [5.74, 6) is -1.60. The first kappa shape index (κ1) is 33.3. The first-order chi connectivity index (χ1) is 17.0. The van der Waals surface area contributed by atoms with E-state index in [0.717, 1.165) is 0 Å². The Labute approximate surface area is 214 Å². The largest absolute Gasteiger partial charge is 0.466 e. The van der Waals surface area contributed by atoms with Crippen LogP contribution in [0, 0.1) is 10.8 Å². The topological polar surface area (TPSA) is 124 Å². The van der Waals surface area contributed by atoms with Crippen LogP contribution in [0.25, 0.3) is 0 Å². The molecule has 10 heteroatoms. The number of carbonyl (C=O) groups excluding carboxylic acids is 4. The van der Waals surface area contributed by atoms with E-state index in [1.165, 1.54) is 0 Å². The van der Waals surface area contributed by atoms with Crippen molar-refractivity contribution < 1.29 is 47.6 Å². The Morgan fingerprint density at radius 3 is 1.58 bits per heavy atom. The minimum absolute atomic E-state index is 0.00272. The molecule has 0 bridgehead atoms. The summed E-state index contributed by atoms with van der Waals surface area (Å²) in [6, 6.07) is 0. The lowest BCUT2D eigenvalue weighted by Gasteiger charge is -2.42. The van der Waals surface area contributed by atoms with Gasteiger partial charge in [-0.1, -0.05) is 20.1 Å². The fourth-order valence-electron chi connectivity index (χ4n) is 3.43. The van der Waals surface area contributed by atoms with Crippen molar-refractivity contribution in [1.82, 2.24) is 0 Å². The normalized spacial score (nSPS) is 20.7. The van der Waals surface area contributed by atoms with E-state index in [-0.39, 0.29) is 56.1 Å². The van der Waals surface area contributed by atoms with Crippen molar-refractivity contribution in [3.8, 4) is 0 Å². The van der Waals surface area contributed by atoms with Crippen LogP contribution in [-0.4, -0.2) is 76.7 Å². The van der Waals surface area contributed by atoms with Crippen LogP contribution in [0.4, 0.5) is 0 Å². The lowest BCUT2D eigenvalue weighted by molar-refractivity contribution is -0.184. The molecule has 1 saturated heterocycles. The summed E-state index contributed by atoms with van der Waals surface area (Å²) >= 11 is 0. The molecule has 1 aliphatic rings. The monoisotopic (exact) mass is 514 g/mol. The minimum atomic E-state index is -0.781. The highest BCUT2D eigenvalue weighted by molar-refractivity contribution is 5.88. The summed E-state index contributed by atoms with van der Waals surface area (Å²) in [4.78, 5) is 46.5. The SMILES string of the molecule is C=C(COCC(=C)C(=O)OCC)C(=O)OCC.CCOC(=O)C1(C)COCC(CC)(C(=O)OCC)C1. The van der Waals surface area contributed by atoms with E-state index in [1.54, 1.807) is 34.6 Å². The van der Waals surface area contributed by atoms with Gasteiger partial charge in [-0.15, -0.1) is 0 Å². The van der Waals surface area contributed by atoms with Crippen LogP contribution in [0.5, 0.6) is 0 Å². The van der Waals surface area contributed by atoms with Crippen LogP contribution in [-0.2, 0) is 47.6 Å². The molecular formula is C26H42O10. The van der Waals surface area contributed by atoms with E-state index < -0.39 is 22.8 Å². The first-order valence-electron chi connectivity index (χ1n) is 12.2. The molecule has 36 heavy (non-hydrogen) atoms.